The van der Waals surface area contributed by atoms with Gasteiger partial charge in [-0.3, -0.25) is 4.98 Å². The van der Waals surface area contributed by atoms with Gasteiger partial charge in [-0.25, -0.2) is 15.0 Å². The molecule has 0 saturated carbocycles. The number of nitrogens with zero attached hydrogens (tertiary/aromatic N) is 4. The lowest BCUT2D eigenvalue weighted by Crippen LogP contribution is -2.34. The van der Waals surface area contributed by atoms with Crippen LogP contribution in [0.25, 0.3) is 67.0 Å². The summed E-state index contributed by atoms with van der Waals surface area (Å²) < 4.78 is 6.82. The maximum atomic E-state index is 6.82. The summed E-state index contributed by atoms with van der Waals surface area (Å²) in [7, 11) is 0. The fraction of sp³-hybridized carbons (Fsp3) is 0.0189. The van der Waals surface area contributed by atoms with Gasteiger partial charge in [-0.2, -0.15) is 0 Å². The van der Waals surface area contributed by atoms with Crippen molar-refractivity contribution in [2.24, 2.45) is 0 Å². The Labute approximate surface area is 336 Å². The van der Waals surface area contributed by atoms with Gasteiger partial charge < -0.3 is 4.74 Å². The Morgan fingerprint density at radius 3 is 1.52 bits per heavy atom. The highest BCUT2D eigenvalue weighted by atomic mass is 16.5. The minimum atomic E-state index is -0.756. The minimum absolute atomic E-state index is 0.574. The van der Waals surface area contributed by atoms with E-state index in [-0.39, 0.29) is 0 Å². The lowest BCUT2D eigenvalue weighted by Gasteiger charge is -2.42. The average molecular weight is 743 g/mol. The second-order valence-corrected chi connectivity index (χ2v) is 14.6. The molecule has 0 unspecified atom stereocenters. The van der Waals surface area contributed by atoms with Crippen LogP contribution < -0.4 is 4.74 Å². The largest absolute Gasteiger partial charge is 0.457 e. The maximum Gasteiger partial charge on any atom is 0.164 e. The van der Waals surface area contributed by atoms with Gasteiger partial charge in [0.1, 0.15) is 11.5 Å². The molecule has 1 aliphatic rings. The number of hydrogen-bond acceptors (Lipinski definition) is 5. The Kier molecular flexibility index (Phi) is 7.97. The first-order valence-corrected chi connectivity index (χ1v) is 19.4. The van der Waals surface area contributed by atoms with Crippen LogP contribution in [0.3, 0.4) is 0 Å². The van der Waals surface area contributed by atoms with Crippen LogP contribution >= 0.6 is 0 Å². The summed E-state index contributed by atoms with van der Waals surface area (Å²) >= 11 is 0. The summed E-state index contributed by atoms with van der Waals surface area (Å²) in [5.74, 6) is 3.37. The van der Waals surface area contributed by atoms with E-state index in [0.717, 1.165) is 61.7 Å². The molecular formula is C53H34N4O. The molecule has 8 aromatic carbocycles. The van der Waals surface area contributed by atoms with Gasteiger partial charge in [0.05, 0.1) is 11.1 Å². The van der Waals surface area contributed by atoms with E-state index in [9.17, 15) is 0 Å². The third kappa shape index (κ3) is 5.63. The van der Waals surface area contributed by atoms with Gasteiger partial charge in [-0.05, 0) is 81.2 Å². The first-order chi connectivity index (χ1) is 28.7. The molecule has 0 aliphatic carbocycles. The quantitative estimate of drug-likeness (QED) is 0.170. The molecule has 10 aromatic rings. The van der Waals surface area contributed by atoms with Crippen LogP contribution in [0.15, 0.2) is 206 Å². The molecule has 272 valence electrons. The normalized spacial score (nSPS) is 12.8. The van der Waals surface area contributed by atoms with Gasteiger partial charge in [-0.15, -0.1) is 0 Å². The van der Waals surface area contributed by atoms with Crippen LogP contribution in [0.4, 0.5) is 0 Å². The van der Waals surface area contributed by atoms with E-state index in [1.54, 1.807) is 0 Å². The molecule has 2 aromatic heterocycles. The lowest BCUT2D eigenvalue weighted by atomic mass is 9.63. The molecule has 3 heterocycles. The highest BCUT2D eigenvalue weighted by Gasteiger charge is 2.46. The summed E-state index contributed by atoms with van der Waals surface area (Å²) in [4.78, 5) is 19.9. The second-order valence-electron chi connectivity index (χ2n) is 14.6. The van der Waals surface area contributed by atoms with Crippen molar-refractivity contribution in [3.8, 4) is 56.9 Å². The highest BCUT2D eigenvalue weighted by molar-refractivity contribution is 5.88. The molecule has 0 bridgehead atoms. The zero-order valence-corrected chi connectivity index (χ0v) is 31.3. The van der Waals surface area contributed by atoms with Crippen molar-refractivity contribution >= 4 is 21.5 Å². The molecule has 0 atom stereocenters. The van der Waals surface area contributed by atoms with Gasteiger partial charge in [0, 0.05) is 39.6 Å². The number of hydrogen-bond donors (Lipinski definition) is 0. The van der Waals surface area contributed by atoms with Crippen LogP contribution in [0, 0.1) is 0 Å². The molecule has 0 spiro atoms. The standard InChI is InChI=1S/C53H34N4O/c1-2-14-38(15-3-1)50-55-51(39-23-21-37(22-24-39)47-19-10-11-31-54-47)57-52(56-50)42-27-30-49-46(34-42)53(45-18-8-9-20-48(45)58-49,43-28-25-35-12-4-6-16-40(35)32-43)44-29-26-36-13-5-7-17-41(36)33-44/h1-34H. The molecule has 0 amide bonds. The summed E-state index contributed by atoms with van der Waals surface area (Å²) in [6.45, 7) is 0. The van der Waals surface area contributed by atoms with Gasteiger partial charge in [0.15, 0.2) is 17.5 Å². The molecule has 0 fully saturated rings. The Balaban J connectivity index is 1.16. The number of pyridine rings is 1. The van der Waals surface area contributed by atoms with Gasteiger partial charge in [-0.1, -0.05) is 152 Å². The van der Waals surface area contributed by atoms with Crippen molar-refractivity contribution in [3.05, 3.63) is 229 Å². The van der Waals surface area contributed by atoms with Gasteiger partial charge in [0.2, 0.25) is 0 Å². The van der Waals surface area contributed by atoms with E-state index < -0.39 is 5.41 Å². The first kappa shape index (κ1) is 33.6. The predicted molar refractivity (Wildman–Crippen MR) is 233 cm³/mol. The van der Waals surface area contributed by atoms with Gasteiger partial charge >= 0.3 is 0 Å². The molecule has 58 heavy (non-hydrogen) atoms. The van der Waals surface area contributed by atoms with Crippen LogP contribution in [0.1, 0.15) is 22.3 Å². The number of para-hydroxylation sites is 1. The molecule has 5 nitrogen and oxygen atoms in total. The Morgan fingerprint density at radius 2 is 0.862 bits per heavy atom. The highest BCUT2D eigenvalue weighted by Crippen LogP contribution is 2.56. The zero-order valence-electron chi connectivity index (χ0n) is 31.3. The molecule has 0 saturated heterocycles. The SMILES string of the molecule is c1ccc(-c2nc(-c3ccc(-c4ccccn4)cc3)nc(-c3ccc4c(c3)C(c3ccc5ccccc5c3)(c3ccc5ccccc5c3)c3ccccc3O4)n2)cc1. The smallest absolute Gasteiger partial charge is 0.164 e. The number of ether oxygens (including phenoxy) is 1. The number of aromatic nitrogens is 4. The summed E-state index contributed by atoms with van der Waals surface area (Å²) in [5, 5.41) is 4.72. The predicted octanol–water partition coefficient (Wildman–Crippen LogP) is 12.7. The van der Waals surface area contributed by atoms with Gasteiger partial charge in [0.25, 0.3) is 0 Å². The van der Waals surface area contributed by atoms with E-state index >= 15 is 0 Å². The fourth-order valence-corrected chi connectivity index (χ4v) is 8.49. The van der Waals surface area contributed by atoms with Crippen molar-refractivity contribution in [2.45, 2.75) is 5.41 Å². The third-order valence-corrected chi connectivity index (χ3v) is 11.3. The van der Waals surface area contributed by atoms with Crippen molar-refractivity contribution in [2.75, 3.05) is 0 Å². The molecule has 1 aliphatic heterocycles. The molecule has 0 N–H and O–H groups in total. The lowest BCUT2D eigenvalue weighted by molar-refractivity contribution is 0.435. The van der Waals surface area contributed by atoms with E-state index in [1.807, 2.05) is 60.8 Å². The summed E-state index contributed by atoms with van der Waals surface area (Å²) in [5.41, 5.74) is 8.20. The monoisotopic (exact) mass is 742 g/mol. The number of fused-ring (bicyclic) bond motifs is 4. The molecule has 5 heteroatoms. The van der Waals surface area contributed by atoms with Crippen LogP contribution in [0.2, 0.25) is 0 Å². The Morgan fingerprint density at radius 1 is 0.345 bits per heavy atom. The number of rotatable bonds is 6. The fourth-order valence-electron chi connectivity index (χ4n) is 8.49. The van der Waals surface area contributed by atoms with Crippen LogP contribution in [0.5, 0.6) is 11.5 Å². The topological polar surface area (TPSA) is 60.8 Å². The molecular weight excluding hydrogens is 709 g/mol. The maximum absolute atomic E-state index is 6.82. The molecule has 11 rings (SSSR count). The van der Waals surface area contributed by atoms with E-state index in [1.165, 1.54) is 21.5 Å². The second kappa shape index (κ2) is 13.8. The van der Waals surface area contributed by atoms with Crippen LogP contribution in [-0.2, 0) is 5.41 Å². The Hall–Kier alpha value is -7.76. The van der Waals surface area contributed by atoms with Crippen molar-refractivity contribution in [1.29, 1.82) is 0 Å². The van der Waals surface area contributed by atoms with E-state index in [0.29, 0.717) is 17.5 Å². The third-order valence-electron chi connectivity index (χ3n) is 11.3. The van der Waals surface area contributed by atoms with Crippen molar-refractivity contribution in [1.82, 2.24) is 19.9 Å². The summed E-state index contributed by atoms with van der Waals surface area (Å²) in [6, 6.07) is 69.9. The average Bonchev–Trinajstić information content (AvgIpc) is 3.31. The Bertz CT molecular complexity index is 3070. The van der Waals surface area contributed by atoms with E-state index in [2.05, 4.69) is 151 Å². The zero-order chi connectivity index (χ0) is 38.5. The van der Waals surface area contributed by atoms with Crippen molar-refractivity contribution < 1.29 is 4.74 Å². The minimum Gasteiger partial charge on any atom is -0.457 e. The van der Waals surface area contributed by atoms with E-state index in [4.69, 9.17) is 19.7 Å². The summed E-state index contributed by atoms with van der Waals surface area (Å²) in [6.07, 6.45) is 1.81. The van der Waals surface area contributed by atoms with Crippen LogP contribution in [-0.4, -0.2) is 19.9 Å². The van der Waals surface area contributed by atoms with Crippen molar-refractivity contribution in [3.63, 3.8) is 0 Å². The molecule has 0 radical (unpaired) electrons. The number of benzene rings is 8. The first-order valence-electron chi connectivity index (χ1n) is 19.4.